The van der Waals surface area contributed by atoms with Gasteiger partial charge in [-0.05, 0) is 36.8 Å². The van der Waals surface area contributed by atoms with Crippen LogP contribution in [0.15, 0.2) is 60.7 Å². The van der Waals surface area contributed by atoms with Crippen LogP contribution in [-0.2, 0) is 20.9 Å². The summed E-state index contributed by atoms with van der Waals surface area (Å²) in [6.45, 7) is 4.30. The van der Waals surface area contributed by atoms with Crippen LogP contribution < -0.4 is 4.72 Å². The van der Waals surface area contributed by atoms with Crippen molar-refractivity contribution >= 4 is 10.0 Å². The minimum atomic E-state index is -3.38. The summed E-state index contributed by atoms with van der Waals surface area (Å²) in [6, 6.07) is 19.5. The van der Waals surface area contributed by atoms with E-state index in [4.69, 9.17) is 0 Å². The van der Waals surface area contributed by atoms with E-state index in [9.17, 15) is 18.6 Å². The fourth-order valence-corrected chi connectivity index (χ4v) is 4.87. The van der Waals surface area contributed by atoms with Crippen LogP contribution in [-0.4, -0.2) is 44.1 Å². The second-order valence-electron chi connectivity index (χ2n) is 8.59. The third-order valence-corrected chi connectivity index (χ3v) is 7.48. The molecule has 0 aliphatic carbocycles. The summed E-state index contributed by atoms with van der Waals surface area (Å²) >= 11 is 0. The summed E-state index contributed by atoms with van der Waals surface area (Å²) < 4.78 is 27.4. The van der Waals surface area contributed by atoms with Crippen molar-refractivity contribution in [2.24, 2.45) is 0 Å². The molecular formula is C24H35NO4S. The molecule has 0 saturated carbocycles. The molecule has 0 aliphatic rings. The summed E-state index contributed by atoms with van der Waals surface area (Å²) in [5.41, 5.74) is 1.24. The molecular weight excluding hydrogens is 398 g/mol. The van der Waals surface area contributed by atoms with Crippen LogP contribution in [0.1, 0.15) is 50.7 Å². The van der Waals surface area contributed by atoms with Crippen LogP contribution >= 0.6 is 0 Å². The number of aliphatic hydroxyl groups excluding tert-OH is 2. The third kappa shape index (κ3) is 6.91. The number of hydrogen-bond donors (Lipinski definition) is 3. The number of rotatable bonds is 13. The smallest absolute Gasteiger partial charge is 0.211 e. The Bertz CT molecular complexity index is 857. The summed E-state index contributed by atoms with van der Waals surface area (Å²) in [7, 11) is -3.38. The molecule has 0 heterocycles. The average molecular weight is 434 g/mol. The number of sulfonamides is 1. The van der Waals surface area contributed by atoms with Crippen molar-refractivity contribution in [3.05, 3.63) is 71.8 Å². The lowest BCUT2D eigenvalue weighted by atomic mass is 9.79. The van der Waals surface area contributed by atoms with E-state index < -0.39 is 15.4 Å². The van der Waals surface area contributed by atoms with Crippen molar-refractivity contribution in [3.63, 3.8) is 0 Å². The van der Waals surface area contributed by atoms with E-state index in [1.807, 2.05) is 74.5 Å². The Labute approximate surface area is 181 Å². The second kappa shape index (κ2) is 11.0. The van der Waals surface area contributed by atoms with Crippen molar-refractivity contribution in [3.8, 4) is 0 Å². The van der Waals surface area contributed by atoms with Crippen LogP contribution in [0.2, 0.25) is 0 Å². The summed E-state index contributed by atoms with van der Waals surface area (Å²) in [5, 5.41) is 19.7. The number of benzene rings is 2. The van der Waals surface area contributed by atoms with Gasteiger partial charge in [0.25, 0.3) is 0 Å². The summed E-state index contributed by atoms with van der Waals surface area (Å²) in [4.78, 5) is 0. The Morgan fingerprint density at radius 1 is 0.767 bits per heavy atom. The van der Waals surface area contributed by atoms with E-state index in [0.29, 0.717) is 32.2 Å². The van der Waals surface area contributed by atoms with Crippen LogP contribution in [0.5, 0.6) is 0 Å². The highest BCUT2D eigenvalue weighted by molar-refractivity contribution is 7.89. The highest BCUT2D eigenvalue weighted by Crippen LogP contribution is 2.29. The monoisotopic (exact) mass is 433 g/mol. The fourth-order valence-electron chi connectivity index (χ4n) is 3.74. The summed E-state index contributed by atoms with van der Waals surface area (Å²) in [5.74, 6) is 0.0331. The van der Waals surface area contributed by atoms with Gasteiger partial charge in [-0.25, -0.2) is 13.1 Å². The molecule has 0 radical (unpaired) electrons. The molecule has 3 N–H and O–H groups in total. The first-order valence-electron chi connectivity index (χ1n) is 10.5. The lowest BCUT2D eigenvalue weighted by molar-refractivity contribution is 0.194. The third-order valence-electron chi connectivity index (χ3n) is 6.01. The quantitative estimate of drug-likeness (QED) is 0.423. The first-order valence-corrected chi connectivity index (χ1v) is 12.2. The van der Waals surface area contributed by atoms with Gasteiger partial charge in [-0.1, -0.05) is 74.5 Å². The Morgan fingerprint density at radius 2 is 1.20 bits per heavy atom. The van der Waals surface area contributed by atoms with Gasteiger partial charge in [-0.2, -0.15) is 0 Å². The molecule has 6 heteroatoms. The van der Waals surface area contributed by atoms with E-state index in [2.05, 4.69) is 4.72 Å². The topological polar surface area (TPSA) is 86.6 Å². The molecule has 5 nitrogen and oxygen atoms in total. The molecule has 2 rings (SSSR count). The van der Waals surface area contributed by atoms with Crippen LogP contribution in [0.3, 0.4) is 0 Å². The van der Waals surface area contributed by atoms with Gasteiger partial charge < -0.3 is 10.2 Å². The van der Waals surface area contributed by atoms with E-state index >= 15 is 0 Å². The molecule has 0 saturated heterocycles. The van der Waals surface area contributed by atoms with E-state index in [1.54, 1.807) is 0 Å². The zero-order valence-corrected chi connectivity index (χ0v) is 18.9. The Hall–Kier alpha value is -1.73. The maximum Gasteiger partial charge on any atom is 0.211 e. The van der Waals surface area contributed by atoms with Crippen LogP contribution in [0, 0.1) is 0 Å². The fraction of sp³-hybridized carbons (Fsp3) is 0.500. The standard InChI is InChI=1S/C24H35NO4S/c1-23(19-26,21-11-5-3-6-12-21)15-9-17-25-30(28,29)18-10-16-24(2,20-27)22-13-7-4-8-14-22/h3-8,11-14,25-27H,9-10,15-20H2,1-2H3. The minimum Gasteiger partial charge on any atom is -0.395 e. The highest BCUT2D eigenvalue weighted by Gasteiger charge is 2.27. The van der Waals surface area contributed by atoms with Crippen LogP contribution in [0.4, 0.5) is 0 Å². The molecule has 0 aliphatic heterocycles. The number of hydrogen-bond acceptors (Lipinski definition) is 4. The zero-order valence-electron chi connectivity index (χ0n) is 18.0. The molecule has 0 fully saturated rings. The van der Waals surface area contributed by atoms with Crippen molar-refractivity contribution in [1.29, 1.82) is 0 Å². The van der Waals surface area contributed by atoms with Crippen LogP contribution in [0.25, 0.3) is 0 Å². The van der Waals surface area contributed by atoms with Gasteiger partial charge in [-0.15, -0.1) is 0 Å². The predicted octanol–water partition coefficient (Wildman–Crippen LogP) is 3.37. The minimum absolute atomic E-state index is 0.0169. The SMILES string of the molecule is CC(CO)(CCCNS(=O)(=O)CCCC(C)(CO)c1ccccc1)c1ccccc1. The largest absolute Gasteiger partial charge is 0.395 e. The Balaban J connectivity index is 1.80. The molecule has 2 aromatic carbocycles. The second-order valence-corrected chi connectivity index (χ2v) is 10.5. The van der Waals surface area contributed by atoms with E-state index in [0.717, 1.165) is 11.1 Å². The van der Waals surface area contributed by atoms with Crippen molar-refractivity contribution < 1.29 is 18.6 Å². The Morgan fingerprint density at radius 3 is 1.63 bits per heavy atom. The van der Waals surface area contributed by atoms with Gasteiger partial charge in [0.05, 0.1) is 19.0 Å². The predicted molar refractivity (Wildman–Crippen MR) is 122 cm³/mol. The van der Waals surface area contributed by atoms with Gasteiger partial charge in [0.1, 0.15) is 0 Å². The van der Waals surface area contributed by atoms with Gasteiger partial charge >= 0.3 is 0 Å². The highest BCUT2D eigenvalue weighted by atomic mass is 32.2. The molecule has 0 bridgehead atoms. The molecule has 2 aromatic rings. The maximum atomic E-state index is 12.4. The van der Waals surface area contributed by atoms with Crippen molar-refractivity contribution in [2.75, 3.05) is 25.5 Å². The number of nitrogens with one attached hydrogen (secondary N) is 1. The lowest BCUT2D eigenvalue weighted by Crippen LogP contribution is -2.32. The maximum absolute atomic E-state index is 12.4. The van der Waals surface area contributed by atoms with Gasteiger partial charge in [-0.3, -0.25) is 0 Å². The first kappa shape index (κ1) is 24.5. The van der Waals surface area contributed by atoms with Crippen molar-refractivity contribution in [1.82, 2.24) is 4.72 Å². The normalized spacial score (nSPS) is 16.0. The van der Waals surface area contributed by atoms with E-state index in [-0.39, 0.29) is 24.4 Å². The van der Waals surface area contributed by atoms with Gasteiger partial charge in [0, 0.05) is 17.4 Å². The zero-order chi connectivity index (χ0) is 22.1. The molecule has 0 spiro atoms. The van der Waals surface area contributed by atoms with E-state index in [1.165, 1.54) is 0 Å². The van der Waals surface area contributed by atoms with Gasteiger partial charge in [0.15, 0.2) is 0 Å². The average Bonchev–Trinajstić information content (AvgIpc) is 2.77. The van der Waals surface area contributed by atoms with Gasteiger partial charge in [0.2, 0.25) is 10.0 Å². The molecule has 0 aromatic heterocycles. The first-order chi connectivity index (χ1) is 14.2. The number of aliphatic hydroxyl groups is 2. The lowest BCUT2D eigenvalue weighted by Gasteiger charge is -2.28. The molecule has 0 amide bonds. The molecule has 2 unspecified atom stereocenters. The van der Waals surface area contributed by atoms with Crippen molar-refractivity contribution in [2.45, 2.75) is 50.4 Å². The summed E-state index contributed by atoms with van der Waals surface area (Å²) in [6.07, 6.45) is 2.39. The molecule has 30 heavy (non-hydrogen) atoms. The Kier molecular flexibility index (Phi) is 9.04. The molecule has 2 atom stereocenters. The molecule has 166 valence electrons.